The summed E-state index contributed by atoms with van der Waals surface area (Å²) < 4.78 is 27.4. The van der Waals surface area contributed by atoms with E-state index in [1.54, 1.807) is 7.05 Å². The summed E-state index contributed by atoms with van der Waals surface area (Å²) in [6.07, 6.45) is 1.94. The highest BCUT2D eigenvalue weighted by Crippen LogP contribution is 2.25. The molecule has 0 unspecified atom stereocenters. The zero-order valence-corrected chi connectivity index (χ0v) is 16.1. The molecule has 0 saturated carbocycles. The van der Waals surface area contributed by atoms with E-state index in [1.165, 1.54) is 12.1 Å². The van der Waals surface area contributed by atoms with Gasteiger partial charge in [0, 0.05) is 32.1 Å². The summed E-state index contributed by atoms with van der Waals surface area (Å²) >= 11 is 5.78. The zero-order chi connectivity index (χ0) is 19.5. The Morgan fingerprint density at radius 3 is 2.58 bits per heavy atom. The van der Waals surface area contributed by atoms with Crippen molar-refractivity contribution in [2.45, 2.75) is 36.2 Å². The summed E-state index contributed by atoms with van der Waals surface area (Å²) in [6, 6.07) is 3.59. The van der Waals surface area contributed by atoms with Crippen molar-refractivity contribution in [1.29, 1.82) is 0 Å². The lowest BCUT2D eigenvalue weighted by Crippen LogP contribution is -2.42. The second-order valence-electron chi connectivity index (χ2n) is 6.23. The Kier molecular flexibility index (Phi) is 6.62. The fourth-order valence-electron chi connectivity index (χ4n) is 3.02. The molecule has 1 amide bonds. The molecule has 0 spiro atoms. The van der Waals surface area contributed by atoms with Crippen molar-refractivity contribution >= 4 is 33.5 Å². The van der Waals surface area contributed by atoms with E-state index < -0.39 is 16.0 Å². The molecule has 8 nitrogen and oxygen atoms in total. The summed E-state index contributed by atoms with van der Waals surface area (Å²) in [6.45, 7) is 0.175. The normalized spacial score (nSPS) is 20.9. The molecule has 3 N–H and O–H groups in total. The van der Waals surface area contributed by atoms with Crippen LogP contribution in [0.2, 0.25) is 5.02 Å². The molecule has 1 aromatic carbocycles. The fourth-order valence-corrected chi connectivity index (χ4v) is 4.32. The summed E-state index contributed by atoms with van der Waals surface area (Å²) in [5, 5.41) is 11.6. The molecule has 1 fully saturated rings. The molecule has 1 aromatic rings. The average Bonchev–Trinajstić information content (AvgIpc) is 2.93. The first-order valence-electron chi connectivity index (χ1n) is 8.10. The average molecular weight is 404 g/mol. The second-order valence-corrected chi connectivity index (χ2v) is 8.40. The number of benzene rings is 1. The number of hydrogen-bond acceptors (Lipinski definition) is 5. The fraction of sp³-hybridized carbons (Fsp3) is 0.500. The molecule has 1 aliphatic heterocycles. The number of carbonyl (C=O) groups is 2. The lowest BCUT2D eigenvalue weighted by Gasteiger charge is -2.25. The number of amides is 1. The Morgan fingerprint density at radius 1 is 1.31 bits per heavy atom. The Hall–Kier alpha value is -1.68. The Morgan fingerprint density at radius 2 is 1.96 bits per heavy atom. The van der Waals surface area contributed by atoms with Gasteiger partial charge < -0.3 is 10.4 Å². The molecule has 0 aromatic heterocycles. The lowest BCUT2D eigenvalue weighted by atomic mass is 10.1. The number of likely N-dealkylation sites (N-methyl/N-ethyl adjacent to an activating group) is 1. The molecule has 26 heavy (non-hydrogen) atoms. The van der Waals surface area contributed by atoms with Crippen LogP contribution in [0.3, 0.4) is 0 Å². The smallest absolute Gasteiger partial charge is 0.337 e. The maximum atomic E-state index is 12.5. The number of rotatable bonds is 7. The number of likely N-dealkylation sites (tertiary alicyclic amines) is 1. The molecule has 0 bridgehead atoms. The number of nitrogens with zero attached hydrogens (tertiary/aromatic N) is 1. The topological polar surface area (TPSA) is 116 Å². The summed E-state index contributed by atoms with van der Waals surface area (Å²) in [5.41, 5.74) is -0.266. The minimum Gasteiger partial charge on any atom is -0.478 e. The Labute approximate surface area is 157 Å². The minimum atomic E-state index is -3.87. The summed E-state index contributed by atoms with van der Waals surface area (Å²) in [5.74, 6) is -1.34. The Balaban J connectivity index is 2.04. The van der Waals surface area contributed by atoms with Gasteiger partial charge in [0.25, 0.3) is 0 Å². The third kappa shape index (κ3) is 4.73. The number of aromatic carboxylic acids is 1. The molecule has 1 saturated heterocycles. The SMILES string of the molecule is CNC(=O)C[C@H]1CC[C@@H](CNS(=O)(=O)c2ccc(Cl)c(C(=O)O)c2)N1C. The van der Waals surface area contributed by atoms with Gasteiger partial charge in [0.05, 0.1) is 15.5 Å². The highest BCUT2D eigenvalue weighted by molar-refractivity contribution is 7.89. The van der Waals surface area contributed by atoms with Crippen LogP contribution in [0.25, 0.3) is 0 Å². The number of carboxylic acid groups (broad SMARTS) is 1. The molecule has 1 aliphatic rings. The number of sulfonamides is 1. The van der Waals surface area contributed by atoms with Crippen molar-refractivity contribution < 1.29 is 23.1 Å². The van der Waals surface area contributed by atoms with E-state index >= 15 is 0 Å². The molecule has 144 valence electrons. The lowest BCUT2D eigenvalue weighted by molar-refractivity contribution is -0.121. The maximum Gasteiger partial charge on any atom is 0.337 e. The molecule has 0 aliphatic carbocycles. The predicted molar refractivity (Wildman–Crippen MR) is 96.9 cm³/mol. The highest BCUT2D eigenvalue weighted by Gasteiger charge is 2.32. The molecule has 10 heteroatoms. The first kappa shape index (κ1) is 20.6. The van der Waals surface area contributed by atoms with Gasteiger partial charge in [-0.25, -0.2) is 17.9 Å². The minimum absolute atomic E-state index is 0.0241. The third-order valence-corrected chi connectivity index (χ3v) is 6.42. The van der Waals surface area contributed by atoms with Crippen LogP contribution in [0.15, 0.2) is 23.1 Å². The summed E-state index contributed by atoms with van der Waals surface area (Å²) in [7, 11) is -0.418. The number of halogens is 1. The molecular weight excluding hydrogens is 382 g/mol. The van der Waals surface area contributed by atoms with Gasteiger partial charge in [0.1, 0.15) is 0 Å². The Bertz CT molecular complexity index is 799. The first-order valence-corrected chi connectivity index (χ1v) is 9.97. The van der Waals surface area contributed by atoms with Gasteiger partial charge in [-0.3, -0.25) is 9.69 Å². The van der Waals surface area contributed by atoms with E-state index in [0.29, 0.717) is 6.42 Å². The van der Waals surface area contributed by atoms with Gasteiger partial charge in [-0.2, -0.15) is 0 Å². The van der Waals surface area contributed by atoms with Crippen LogP contribution >= 0.6 is 11.6 Å². The molecular formula is C16H22ClN3O5S. The van der Waals surface area contributed by atoms with Crippen LogP contribution in [-0.2, 0) is 14.8 Å². The number of carboxylic acids is 1. The van der Waals surface area contributed by atoms with Crippen molar-refractivity contribution in [1.82, 2.24) is 14.9 Å². The van der Waals surface area contributed by atoms with E-state index in [9.17, 15) is 18.0 Å². The molecule has 2 rings (SSSR count). The number of carbonyl (C=O) groups excluding carboxylic acids is 1. The molecule has 2 atom stereocenters. The van der Waals surface area contributed by atoms with Gasteiger partial charge in [-0.15, -0.1) is 0 Å². The number of nitrogens with one attached hydrogen (secondary N) is 2. The maximum absolute atomic E-state index is 12.5. The van der Waals surface area contributed by atoms with Crippen molar-refractivity contribution in [2.75, 3.05) is 20.6 Å². The zero-order valence-electron chi connectivity index (χ0n) is 14.5. The van der Waals surface area contributed by atoms with Gasteiger partial charge in [0.15, 0.2) is 0 Å². The van der Waals surface area contributed by atoms with Crippen LogP contribution in [-0.4, -0.2) is 63.0 Å². The van der Waals surface area contributed by atoms with Crippen molar-refractivity contribution in [2.24, 2.45) is 0 Å². The summed E-state index contributed by atoms with van der Waals surface area (Å²) in [4.78, 5) is 24.5. The van der Waals surface area contributed by atoms with Gasteiger partial charge in [0.2, 0.25) is 15.9 Å². The standard InChI is InChI=1S/C16H22ClN3O5S/c1-18-15(21)7-10-3-4-11(20(10)2)9-19-26(24,25)12-5-6-14(17)13(8-12)16(22)23/h5-6,8,10-11,19H,3-4,7,9H2,1-2H3,(H,18,21)(H,22,23)/t10-,11+/m1/s1. The van der Waals surface area contributed by atoms with Gasteiger partial charge >= 0.3 is 5.97 Å². The van der Waals surface area contributed by atoms with E-state index in [-0.39, 0.29) is 40.0 Å². The van der Waals surface area contributed by atoms with Gasteiger partial charge in [-0.1, -0.05) is 11.6 Å². The van der Waals surface area contributed by atoms with Crippen LogP contribution in [0.5, 0.6) is 0 Å². The second kappa shape index (κ2) is 8.34. The molecule has 1 heterocycles. The van der Waals surface area contributed by atoms with Crippen molar-refractivity contribution in [3.05, 3.63) is 28.8 Å². The van der Waals surface area contributed by atoms with E-state index in [0.717, 1.165) is 18.9 Å². The van der Waals surface area contributed by atoms with E-state index in [1.807, 2.05) is 11.9 Å². The van der Waals surface area contributed by atoms with Crippen LogP contribution < -0.4 is 10.0 Å². The monoisotopic (exact) mass is 403 g/mol. The van der Waals surface area contributed by atoms with Crippen molar-refractivity contribution in [3.63, 3.8) is 0 Å². The highest BCUT2D eigenvalue weighted by atomic mass is 35.5. The predicted octanol–water partition coefficient (Wildman–Crippen LogP) is 0.915. The van der Waals surface area contributed by atoms with E-state index in [2.05, 4.69) is 10.0 Å². The number of hydrogen-bond donors (Lipinski definition) is 3. The molecule has 0 radical (unpaired) electrons. The van der Waals surface area contributed by atoms with Crippen LogP contribution in [0, 0.1) is 0 Å². The quantitative estimate of drug-likeness (QED) is 0.623. The van der Waals surface area contributed by atoms with Crippen molar-refractivity contribution in [3.8, 4) is 0 Å². The third-order valence-electron chi connectivity index (χ3n) is 4.67. The van der Waals surface area contributed by atoms with Crippen LogP contribution in [0.1, 0.15) is 29.6 Å². The van der Waals surface area contributed by atoms with E-state index in [4.69, 9.17) is 16.7 Å². The van der Waals surface area contributed by atoms with Gasteiger partial charge in [-0.05, 0) is 38.1 Å². The largest absolute Gasteiger partial charge is 0.478 e. The first-order chi connectivity index (χ1) is 12.2. The van der Waals surface area contributed by atoms with Crippen LogP contribution in [0.4, 0.5) is 0 Å².